The molecular weight excluding hydrogens is 212 g/mol. The topological polar surface area (TPSA) is 115 Å². The zero-order valence-corrected chi connectivity index (χ0v) is 8.50. The lowest BCUT2D eigenvalue weighted by Crippen LogP contribution is -2.25. The Morgan fingerprint density at radius 3 is 2.69 bits per heavy atom. The fourth-order valence-corrected chi connectivity index (χ4v) is 1.40. The summed E-state index contributed by atoms with van der Waals surface area (Å²) in [5.74, 6) is -0.420. The van der Waals surface area contributed by atoms with Gasteiger partial charge in [-0.3, -0.25) is 14.8 Å². The summed E-state index contributed by atoms with van der Waals surface area (Å²) in [5.41, 5.74) is 0.210. The average Bonchev–Trinajstić information content (AvgIpc) is 2.57. The second-order valence-corrected chi connectivity index (χ2v) is 3.39. The highest BCUT2D eigenvalue weighted by atomic mass is 16.3. The van der Waals surface area contributed by atoms with Crippen LogP contribution < -0.4 is 11.2 Å². The summed E-state index contributed by atoms with van der Waals surface area (Å²) in [7, 11) is 0. The van der Waals surface area contributed by atoms with Crippen LogP contribution >= 0.6 is 0 Å². The van der Waals surface area contributed by atoms with Gasteiger partial charge in [0.05, 0.1) is 17.6 Å². The first kappa shape index (κ1) is 10.2. The predicted molar refractivity (Wildman–Crippen MR) is 55.5 cm³/mol. The third-order valence-corrected chi connectivity index (χ3v) is 2.30. The van der Waals surface area contributed by atoms with E-state index in [1.54, 1.807) is 6.92 Å². The molecule has 4 N–H and O–H groups in total. The normalized spacial score (nSPS) is 10.6. The number of nitrogens with zero attached hydrogens (tertiary/aromatic N) is 1. The minimum absolute atomic E-state index is 0.0924. The van der Waals surface area contributed by atoms with E-state index in [2.05, 4.69) is 15.0 Å². The zero-order valence-electron chi connectivity index (χ0n) is 8.50. The molecule has 7 heteroatoms. The van der Waals surface area contributed by atoms with E-state index in [0.29, 0.717) is 5.69 Å². The van der Waals surface area contributed by atoms with Crippen molar-refractivity contribution in [2.45, 2.75) is 13.3 Å². The molecule has 0 radical (unpaired) electrons. The summed E-state index contributed by atoms with van der Waals surface area (Å²) in [6, 6.07) is 0. The SMILES string of the molecule is Cc1[nH]cnc1Cc1c(O)[nH]c(=O)[nH]c1=O. The first-order valence-corrected chi connectivity index (χ1v) is 4.61. The molecule has 0 amide bonds. The molecule has 2 heterocycles. The lowest BCUT2D eigenvalue weighted by Gasteiger charge is -2.00. The summed E-state index contributed by atoms with van der Waals surface area (Å²) >= 11 is 0. The number of hydrogen-bond donors (Lipinski definition) is 4. The lowest BCUT2D eigenvalue weighted by atomic mass is 10.1. The molecule has 16 heavy (non-hydrogen) atoms. The molecule has 2 aromatic heterocycles. The number of aryl methyl sites for hydroxylation is 1. The van der Waals surface area contributed by atoms with E-state index in [1.807, 2.05) is 4.98 Å². The van der Waals surface area contributed by atoms with Gasteiger partial charge < -0.3 is 10.1 Å². The second-order valence-electron chi connectivity index (χ2n) is 3.39. The molecule has 0 spiro atoms. The number of nitrogens with one attached hydrogen (secondary N) is 3. The second kappa shape index (κ2) is 3.69. The Morgan fingerprint density at radius 2 is 2.12 bits per heavy atom. The van der Waals surface area contributed by atoms with E-state index in [4.69, 9.17) is 0 Å². The Balaban J connectivity index is 2.47. The van der Waals surface area contributed by atoms with Crippen LogP contribution in [0.15, 0.2) is 15.9 Å². The van der Waals surface area contributed by atoms with E-state index in [-0.39, 0.29) is 12.0 Å². The monoisotopic (exact) mass is 222 g/mol. The Labute approximate surface area is 89.2 Å². The zero-order chi connectivity index (χ0) is 11.7. The Morgan fingerprint density at radius 1 is 1.38 bits per heavy atom. The summed E-state index contributed by atoms with van der Waals surface area (Å²) in [6.45, 7) is 1.80. The molecular formula is C9H10N4O3. The maximum atomic E-state index is 11.4. The lowest BCUT2D eigenvalue weighted by molar-refractivity contribution is 0.441. The predicted octanol–water partition coefficient (Wildman–Crippen LogP) is -0.609. The van der Waals surface area contributed by atoms with Crippen molar-refractivity contribution in [3.63, 3.8) is 0 Å². The van der Waals surface area contributed by atoms with Crippen molar-refractivity contribution >= 4 is 0 Å². The molecule has 0 saturated carbocycles. The Kier molecular flexibility index (Phi) is 2.35. The van der Waals surface area contributed by atoms with Gasteiger partial charge in [-0.05, 0) is 6.92 Å². The van der Waals surface area contributed by atoms with Crippen molar-refractivity contribution in [2.24, 2.45) is 0 Å². The average molecular weight is 222 g/mol. The Hall–Kier alpha value is -2.31. The first-order valence-electron chi connectivity index (χ1n) is 4.61. The molecule has 0 atom stereocenters. The quantitative estimate of drug-likeness (QED) is 0.542. The molecule has 0 bridgehead atoms. The highest BCUT2D eigenvalue weighted by Gasteiger charge is 2.11. The van der Waals surface area contributed by atoms with Gasteiger partial charge in [0.2, 0.25) is 5.88 Å². The minimum Gasteiger partial charge on any atom is -0.494 e. The highest BCUT2D eigenvalue weighted by molar-refractivity contribution is 5.27. The number of aromatic amines is 3. The van der Waals surface area contributed by atoms with Gasteiger partial charge in [0.15, 0.2) is 0 Å². The van der Waals surface area contributed by atoms with Crippen LogP contribution in [0.1, 0.15) is 17.0 Å². The third-order valence-electron chi connectivity index (χ3n) is 2.30. The van der Waals surface area contributed by atoms with Gasteiger partial charge in [-0.15, -0.1) is 0 Å². The van der Waals surface area contributed by atoms with Crippen molar-refractivity contribution in [2.75, 3.05) is 0 Å². The maximum absolute atomic E-state index is 11.4. The van der Waals surface area contributed by atoms with E-state index < -0.39 is 17.1 Å². The number of H-pyrrole nitrogens is 3. The molecule has 0 aromatic carbocycles. The van der Waals surface area contributed by atoms with Crippen LogP contribution in [0.25, 0.3) is 0 Å². The molecule has 0 unspecified atom stereocenters. The van der Waals surface area contributed by atoms with Crippen LogP contribution in [-0.4, -0.2) is 25.0 Å². The van der Waals surface area contributed by atoms with Gasteiger partial charge in [0.25, 0.3) is 5.56 Å². The van der Waals surface area contributed by atoms with E-state index in [9.17, 15) is 14.7 Å². The van der Waals surface area contributed by atoms with Crippen molar-refractivity contribution in [3.05, 3.63) is 44.1 Å². The van der Waals surface area contributed by atoms with Crippen LogP contribution in [0, 0.1) is 6.92 Å². The number of aromatic hydroxyl groups is 1. The summed E-state index contributed by atoms with van der Waals surface area (Å²) < 4.78 is 0. The smallest absolute Gasteiger partial charge is 0.328 e. The van der Waals surface area contributed by atoms with Gasteiger partial charge in [0, 0.05) is 12.1 Å². The van der Waals surface area contributed by atoms with Gasteiger partial charge >= 0.3 is 5.69 Å². The molecule has 0 aliphatic rings. The van der Waals surface area contributed by atoms with E-state index in [1.165, 1.54) is 6.33 Å². The maximum Gasteiger partial charge on any atom is 0.328 e. The van der Waals surface area contributed by atoms with E-state index in [0.717, 1.165) is 5.69 Å². The minimum atomic E-state index is -0.731. The summed E-state index contributed by atoms with van der Waals surface area (Å²) in [6.07, 6.45) is 1.66. The first-order chi connectivity index (χ1) is 7.58. The van der Waals surface area contributed by atoms with Crippen LogP contribution in [-0.2, 0) is 6.42 Å². The standard InChI is InChI=1S/C9H10N4O3/c1-4-6(11-3-10-4)2-5-7(14)12-9(16)13-8(5)15/h3H,2H2,1H3,(H,10,11)(H3,12,13,14,15,16). The largest absolute Gasteiger partial charge is 0.494 e. The number of aromatic nitrogens is 4. The fourth-order valence-electron chi connectivity index (χ4n) is 1.40. The Bertz CT molecular complexity index is 622. The third kappa shape index (κ3) is 1.74. The summed E-state index contributed by atoms with van der Waals surface area (Å²) in [5, 5.41) is 9.45. The van der Waals surface area contributed by atoms with Crippen molar-refractivity contribution in [1.29, 1.82) is 0 Å². The van der Waals surface area contributed by atoms with Crippen molar-refractivity contribution < 1.29 is 5.11 Å². The molecule has 7 nitrogen and oxygen atoms in total. The molecule has 0 aliphatic heterocycles. The molecule has 2 aromatic rings. The van der Waals surface area contributed by atoms with Crippen LogP contribution in [0.2, 0.25) is 0 Å². The van der Waals surface area contributed by atoms with Crippen molar-refractivity contribution in [3.8, 4) is 5.88 Å². The highest BCUT2D eigenvalue weighted by Crippen LogP contribution is 2.12. The van der Waals surface area contributed by atoms with Crippen LogP contribution in [0.5, 0.6) is 5.88 Å². The van der Waals surface area contributed by atoms with Gasteiger partial charge in [-0.2, -0.15) is 0 Å². The molecule has 84 valence electrons. The van der Waals surface area contributed by atoms with Crippen LogP contribution in [0.4, 0.5) is 0 Å². The molecule has 0 saturated heterocycles. The van der Waals surface area contributed by atoms with E-state index >= 15 is 0 Å². The summed E-state index contributed by atoms with van der Waals surface area (Å²) in [4.78, 5) is 33.3. The molecule has 2 rings (SSSR count). The fraction of sp³-hybridized carbons (Fsp3) is 0.222. The number of imidazole rings is 1. The number of hydrogen-bond acceptors (Lipinski definition) is 4. The van der Waals surface area contributed by atoms with Crippen LogP contribution in [0.3, 0.4) is 0 Å². The number of rotatable bonds is 2. The van der Waals surface area contributed by atoms with Gasteiger partial charge in [0.1, 0.15) is 0 Å². The molecule has 0 fully saturated rings. The van der Waals surface area contributed by atoms with Gasteiger partial charge in [-0.25, -0.2) is 9.78 Å². The van der Waals surface area contributed by atoms with Crippen molar-refractivity contribution in [1.82, 2.24) is 19.9 Å². The van der Waals surface area contributed by atoms with Gasteiger partial charge in [-0.1, -0.05) is 0 Å². The molecule has 0 aliphatic carbocycles.